The van der Waals surface area contributed by atoms with Gasteiger partial charge in [0.1, 0.15) is 0 Å². The van der Waals surface area contributed by atoms with Crippen molar-refractivity contribution in [1.29, 1.82) is 0 Å². The van der Waals surface area contributed by atoms with Crippen LogP contribution in [-0.4, -0.2) is 33.9 Å². The van der Waals surface area contributed by atoms with Gasteiger partial charge in [-0.05, 0) is 0 Å². The number of rotatable bonds is 6. The molecule has 6 heteroatoms. The summed E-state index contributed by atoms with van der Waals surface area (Å²) in [5.41, 5.74) is 4.48. The number of hydrogen-bond acceptors (Lipinski definition) is 3. The number of ether oxygens (including phenoxy) is 1. The Bertz CT molecular complexity index is 981. The molecule has 0 bridgehead atoms. The molecular weight excluding hydrogens is 467 g/mol. The summed E-state index contributed by atoms with van der Waals surface area (Å²) < 4.78 is 12.5. The molecule has 0 saturated heterocycles. The molecule has 1 radical (unpaired) electrons. The molecule has 3 rings (SSSR count). The molecule has 0 aliphatic rings. The predicted octanol–water partition coefficient (Wildman–Crippen LogP) is 6.01. The number of aryl methyl sites for hydroxylation is 1. The molecule has 0 spiro atoms. The molecule has 3 aromatic rings. The van der Waals surface area contributed by atoms with Gasteiger partial charge >= 0.3 is 174 Å². The molecule has 0 N–H and O–H groups in total. The van der Waals surface area contributed by atoms with Crippen molar-refractivity contribution in [2.24, 2.45) is 7.05 Å². The van der Waals surface area contributed by atoms with E-state index in [1.807, 2.05) is 108 Å². The van der Waals surface area contributed by atoms with E-state index in [1.165, 1.54) is 0 Å². The third-order valence-electron chi connectivity index (χ3n) is 5.05. The monoisotopic (exact) mass is 503 g/mol. The van der Waals surface area contributed by atoms with Gasteiger partial charge in [0.15, 0.2) is 0 Å². The Morgan fingerprint density at radius 2 is 1.62 bits per heavy atom. The van der Waals surface area contributed by atoms with Crippen LogP contribution in [0.15, 0.2) is 54.7 Å². The second kappa shape index (κ2) is 13.7. The zero-order valence-electron chi connectivity index (χ0n) is 20.4. The molecule has 5 nitrogen and oxygen atoms in total. The molecule has 0 fully saturated rings. The standard InChI is InChI=1S/C22H23N2O3Se.2C2H6/c1-15-17(6-5-7-21(15)26-4)14-24(18-8-10-19(27-28)11-9-18)22(25)20-12-13-23(3)16(20)2;2*1-2/h5-13H,14H2,1-4H3;2*1-2H3. The third-order valence-corrected chi connectivity index (χ3v) is 5.45. The molecule has 1 aromatic heterocycles. The van der Waals surface area contributed by atoms with Crippen molar-refractivity contribution in [2.75, 3.05) is 12.0 Å². The van der Waals surface area contributed by atoms with Gasteiger partial charge in [0.2, 0.25) is 0 Å². The van der Waals surface area contributed by atoms with E-state index in [-0.39, 0.29) is 5.91 Å². The molecule has 1 amide bonds. The number of nitrogens with zero attached hydrogens (tertiary/aromatic N) is 2. The van der Waals surface area contributed by atoms with Crippen molar-refractivity contribution in [3.63, 3.8) is 0 Å². The first-order chi connectivity index (χ1) is 15.5. The van der Waals surface area contributed by atoms with Crippen molar-refractivity contribution < 1.29 is 13.4 Å². The van der Waals surface area contributed by atoms with Gasteiger partial charge in [-0.2, -0.15) is 0 Å². The van der Waals surface area contributed by atoms with Gasteiger partial charge in [-0.1, -0.05) is 27.7 Å². The van der Waals surface area contributed by atoms with Crippen molar-refractivity contribution in [3.05, 3.63) is 77.1 Å². The first-order valence-electron chi connectivity index (χ1n) is 10.9. The Labute approximate surface area is 201 Å². The van der Waals surface area contributed by atoms with Gasteiger partial charge in [0.05, 0.1) is 0 Å². The maximum atomic E-state index is 13.4. The van der Waals surface area contributed by atoms with E-state index in [1.54, 1.807) is 12.0 Å². The van der Waals surface area contributed by atoms with Crippen LogP contribution in [0.5, 0.6) is 11.5 Å². The summed E-state index contributed by atoms with van der Waals surface area (Å²) in [5, 5.41) is 0. The minimum atomic E-state index is -0.0444. The Hall–Kier alpha value is -2.69. The van der Waals surface area contributed by atoms with Crippen molar-refractivity contribution in [2.45, 2.75) is 48.1 Å². The maximum absolute atomic E-state index is 13.4. The first-order valence-corrected chi connectivity index (χ1v) is 11.6. The SMILES string of the molecule is CC.CC.COc1cccc(CN(C(=O)c2ccn(C)c2C)c2ccc(O[Se])cc2)c1C. The van der Waals surface area contributed by atoms with Gasteiger partial charge in [0, 0.05) is 0 Å². The summed E-state index contributed by atoms with van der Waals surface area (Å²) in [7, 11) is 3.59. The Morgan fingerprint density at radius 3 is 2.12 bits per heavy atom. The quantitative estimate of drug-likeness (QED) is 0.388. The second-order valence-electron chi connectivity index (χ2n) is 6.64. The average Bonchev–Trinajstić information content (AvgIpc) is 3.18. The van der Waals surface area contributed by atoms with Crippen LogP contribution in [0.1, 0.15) is 54.9 Å². The summed E-state index contributed by atoms with van der Waals surface area (Å²) in [6.45, 7) is 12.4. The summed E-state index contributed by atoms with van der Waals surface area (Å²) in [6, 6.07) is 15.2. The number of carbonyl (C=O) groups is 1. The van der Waals surface area contributed by atoms with E-state index in [0.29, 0.717) is 17.9 Å². The number of anilines is 1. The molecule has 173 valence electrons. The summed E-state index contributed by atoms with van der Waals surface area (Å²) in [6.07, 6.45) is 1.90. The van der Waals surface area contributed by atoms with E-state index < -0.39 is 0 Å². The van der Waals surface area contributed by atoms with Crippen molar-refractivity contribution in [3.8, 4) is 11.5 Å². The average molecular weight is 503 g/mol. The first kappa shape index (κ1) is 27.3. The minimum absolute atomic E-state index is 0.0444. The molecule has 0 aliphatic heterocycles. The van der Waals surface area contributed by atoms with Gasteiger partial charge < -0.3 is 0 Å². The fourth-order valence-corrected chi connectivity index (χ4v) is 3.40. The number of carbonyl (C=O) groups excluding carboxylic acids is 1. The van der Waals surface area contributed by atoms with E-state index in [2.05, 4.69) is 16.3 Å². The van der Waals surface area contributed by atoms with Gasteiger partial charge in [-0.25, -0.2) is 0 Å². The zero-order valence-corrected chi connectivity index (χ0v) is 22.1. The molecule has 0 atom stereocenters. The number of aromatic nitrogens is 1. The fraction of sp³-hybridized carbons (Fsp3) is 0.346. The van der Waals surface area contributed by atoms with Crippen LogP contribution in [0.2, 0.25) is 0 Å². The number of hydrogen-bond donors (Lipinski definition) is 0. The van der Waals surface area contributed by atoms with Crippen LogP contribution in [0.25, 0.3) is 0 Å². The molecule has 0 aliphatic carbocycles. The molecule has 2 aromatic carbocycles. The zero-order chi connectivity index (χ0) is 24.3. The fourth-order valence-electron chi connectivity index (χ4n) is 3.16. The summed E-state index contributed by atoms with van der Waals surface area (Å²) in [5.74, 6) is 1.47. The normalized spacial score (nSPS) is 9.66. The number of methoxy groups -OCH3 is 1. The van der Waals surface area contributed by atoms with E-state index in [0.717, 1.165) is 28.3 Å². The van der Waals surface area contributed by atoms with Gasteiger partial charge in [-0.3, -0.25) is 0 Å². The summed E-state index contributed by atoms with van der Waals surface area (Å²) >= 11 is 2.53. The van der Waals surface area contributed by atoms with E-state index >= 15 is 0 Å². The molecule has 32 heavy (non-hydrogen) atoms. The van der Waals surface area contributed by atoms with E-state index in [4.69, 9.17) is 8.56 Å². The van der Waals surface area contributed by atoms with Gasteiger partial charge in [0.25, 0.3) is 0 Å². The van der Waals surface area contributed by atoms with Crippen LogP contribution in [-0.2, 0) is 13.6 Å². The van der Waals surface area contributed by atoms with Crippen LogP contribution in [0.4, 0.5) is 5.69 Å². The third kappa shape index (κ3) is 6.41. The van der Waals surface area contributed by atoms with Crippen LogP contribution < -0.4 is 13.5 Å². The van der Waals surface area contributed by atoms with Crippen molar-refractivity contribution >= 4 is 27.9 Å². The van der Waals surface area contributed by atoms with Gasteiger partial charge in [-0.15, -0.1) is 0 Å². The van der Waals surface area contributed by atoms with Crippen LogP contribution >= 0.6 is 0 Å². The Balaban J connectivity index is 0.00000121. The van der Waals surface area contributed by atoms with Crippen LogP contribution in [0.3, 0.4) is 0 Å². The predicted molar refractivity (Wildman–Crippen MR) is 134 cm³/mol. The second-order valence-corrected chi connectivity index (χ2v) is 6.99. The van der Waals surface area contributed by atoms with Crippen molar-refractivity contribution in [1.82, 2.24) is 4.57 Å². The number of amides is 1. The molecule has 0 unspecified atom stereocenters. The van der Waals surface area contributed by atoms with E-state index in [9.17, 15) is 4.79 Å². The molecule has 0 saturated carbocycles. The topological polar surface area (TPSA) is 43.7 Å². The Kier molecular flexibility index (Phi) is 11.7. The summed E-state index contributed by atoms with van der Waals surface area (Å²) in [4.78, 5) is 15.2. The molecular formula is C26H35N2O3Se. The van der Waals surface area contributed by atoms with Crippen LogP contribution in [0, 0.1) is 13.8 Å². The molecule has 1 heterocycles. The Morgan fingerprint density at radius 1 is 1.00 bits per heavy atom. The number of benzene rings is 2.